The topological polar surface area (TPSA) is 43.6 Å². The molecule has 1 aliphatic heterocycles. The fraction of sp³-hybridized carbons (Fsp3) is 0.143. The van der Waals surface area contributed by atoms with Crippen molar-refractivity contribution in [2.45, 2.75) is 18.9 Å². The Morgan fingerprint density at radius 2 is 1.91 bits per heavy atom. The molecule has 0 saturated carbocycles. The number of fused-ring (bicyclic) bond motifs is 3. The number of hydrogen-bond donors (Lipinski definition) is 0. The van der Waals surface area contributed by atoms with E-state index in [2.05, 4.69) is 28.1 Å². The van der Waals surface area contributed by atoms with Crippen molar-refractivity contribution in [2.24, 2.45) is 4.99 Å². The summed E-state index contributed by atoms with van der Waals surface area (Å²) < 4.78 is 22.3. The van der Waals surface area contributed by atoms with Crippen molar-refractivity contribution in [3.63, 3.8) is 0 Å². The zero-order chi connectivity index (χ0) is 24.1. The number of nitrogens with zero attached hydrogens (tertiary/aromatic N) is 2. The normalized spacial score (nSPS) is 16.9. The molecule has 0 spiro atoms. The molecular formula is C28H20BrFN2O2S. The standard InChI is InChI=1S/C28H20BrFN2O2S/c1-34-23-13-6-16(14-22(23)29)15-24-27(33)32-26(18-7-10-19(30)11-8-18)21-12-9-17-4-2-3-5-20(17)25(21)31-28(32)35-24/h2-8,10-11,13-15,26H,9,12H2,1H3/b24-15+/t26-/m1/s1. The quantitative estimate of drug-likeness (QED) is 0.353. The largest absolute Gasteiger partial charge is 0.496 e. The molecule has 0 radical (unpaired) electrons. The Balaban J connectivity index is 1.59. The van der Waals surface area contributed by atoms with Crippen LogP contribution >= 0.6 is 27.3 Å². The first-order valence-electron chi connectivity index (χ1n) is 11.3. The van der Waals surface area contributed by atoms with Gasteiger partial charge in [-0.3, -0.25) is 9.36 Å². The minimum Gasteiger partial charge on any atom is -0.496 e. The van der Waals surface area contributed by atoms with Crippen LogP contribution in [0, 0.1) is 5.82 Å². The van der Waals surface area contributed by atoms with Gasteiger partial charge in [0, 0.05) is 5.56 Å². The third-order valence-corrected chi connectivity index (χ3v) is 8.13. The lowest BCUT2D eigenvalue weighted by atomic mass is 9.83. The first-order valence-corrected chi connectivity index (χ1v) is 12.9. The number of methoxy groups -OCH3 is 1. The number of thiazole rings is 1. The predicted molar refractivity (Wildman–Crippen MR) is 140 cm³/mol. The van der Waals surface area contributed by atoms with Gasteiger partial charge in [-0.05, 0) is 81.4 Å². The second kappa shape index (κ2) is 8.73. The van der Waals surface area contributed by atoms with E-state index in [0.29, 0.717) is 9.33 Å². The van der Waals surface area contributed by atoms with Crippen LogP contribution in [0.3, 0.4) is 0 Å². The summed E-state index contributed by atoms with van der Waals surface area (Å²) in [4.78, 5) is 19.4. The zero-order valence-electron chi connectivity index (χ0n) is 18.8. The number of aryl methyl sites for hydroxylation is 1. The van der Waals surface area contributed by atoms with Crippen LogP contribution in [-0.4, -0.2) is 11.7 Å². The summed E-state index contributed by atoms with van der Waals surface area (Å²) in [5, 5.41) is 0. The molecule has 2 aliphatic rings. The first kappa shape index (κ1) is 22.2. The molecule has 4 aromatic rings. The van der Waals surface area contributed by atoms with Crippen molar-refractivity contribution in [3.05, 3.63) is 125 Å². The van der Waals surface area contributed by atoms with Gasteiger partial charge in [-0.1, -0.05) is 53.8 Å². The maximum atomic E-state index is 13.8. The van der Waals surface area contributed by atoms with Gasteiger partial charge in [-0.15, -0.1) is 0 Å². The minimum atomic E-state index is -0.319. The lowest BCUT2D eigenvalue weighted by Crippen LogP contribution is -2.38. The highest BCUT2D eigenvalue weighted by Gasteiger charge is 2.32. The van der Waals surface area contributed by atoms with E-state index in [0.717, 1.165) is 51.0 Å². The van der Waals surface area contributed by atoms with Crippen molar-refractivity contribution in [1.82, 2.24) is 4.57 Å². The van der Waals surface area contributed by atoms with Gasteiger partial charge in [-0.2, -0.15) is 0 Å². The Kier molecular flexibility index (Phi) is 5.54. The van der Waals surface area contributed by atoms with Crippen LogP contribution in [0.1, 0.15) is 34.7 Å². The molecule has 0 unspecified atom stereocenters. The SMILES string of the molecule is COc1ccc(/C=c2/sc3n(c2=O)[C@H](c2ccc(F)cc2)C2=C(N=3)c3ccccc3CC2)cc1Br. The number of allylic oxidation sites excluding steroid dienone is 1. The number of aromatic nitrogens is 1. The number of halogens is 2. The number of ether oxygens (including phenoxy) is 1. The number of hydrogen-bond acceptors (Lipinski definition) is 4. The van der Waals surface area contributed by atoms with Gasteiger partial charge >= 0.3 is 0 Å². The summed E-state index contributed by atoms with van der Waals surface area (Å²) in [6.45, 7) is 0. The maximum absolute atomic E-state index is 13.8. The Labute approximate surface area is 213 Å². The molecule has 35 heavy (non-hydrogen) atoms. The zero-order valence-corrected chi connectivity index (χ0v) is 21.2. The molecule has 0 N–H and O–H groups in total. The van der Waals surface area contributed by atoms with Crippen molar-refractivity contribution in [1.29, 1.82) is 0 Å². The van der Waals surface area contributed by atoms with Crippen LogP contribution in [0.15, 0.2) is 86.6 Å². The van der Waals surface area contributed by atoms with Crippen LogP contribution in [0.25, 0.3) is 11.8 Å². The van der Waals surface area contributed by atoms with Crippen molar-refractivity contribution in [3.8, 4) is 5.75 Å². The lowest BCUT2D eigenvalue weighted by Gasteiger charge is -2.30. The fourth-order valence-electron chi connectivity index (χ4n) is 4.89. The van der Waals surface area contributed by atoms with Crippen molar-refractivity contribution >= 4 is 39.0 Å². The Hall–Kier alpha value is -3.29. The Morgan fingerprint density at radius 3 is 2.69 bits per heavy atom. The van der Waals surface area contributed by atoms with E-state index in [4.69, 9.17) is 9.73 Å². The highest BCUT2D eigenvalue weighted by Crippen LogP contribution is 2.41. The van der Waals surface area contributed by atoms with Gasteiger partial charge < -0.3 is 4.74 Å². The van der Waals surface area contributed by atoms with Gasteiger partial charge in [-0.25, -0.2) is 9.38 Å². The summed E-state index contributed by atoms with van der Waals surface area (Å²) in [7, 11) is 1.62. The predicted octanol–water partition coefficient (Wildman–Crippen LogP) is 5.23. The Bertz CT molecular complexity index is 1690. The van der Waals surface area contributed by atoms with Crippen LogP contribution in [-0.2, 0) is 6.42 Å². The molecule has 1 atom stereocenters. The van der Waals surface area contributed by atoms with E-state index in [-0.39, 0.29) is 17.4 Å². The average molecular weight is 547 g/mol. The maximum Gasteiger partial charge on any atom is 0.271 e. The number of benzene rings is 3. The third kappa shape index (κ3) is 3.79. The van der Waals surface area contributed by atoms with E-state index in [1.54, 1.807) is 23.8 Å². The van der Waals surface area contributed by atoms with Crippen LogP contribution < -0.4 is 19.6 Å². The summed E-state index contributed by atoms with van der Waals surface area (Å²) in [5.74, 6) is 0.431. The van der Waals surface area contributed by atoms with Crippen LogP contribution in [0.5, 0.6) is 5.75 Å². The first-order chi connectivity index (χ1) is 17.0. The Morgan fingerprint density at radius 1 is 1.11 bits per heavy atom. The third-order valence-electron chi connectivity index (χ3n) is 6.53. The molecular weight excluding hydrogens is 527 g/mol. The molecule has 7 heteroatoms. The van der Waals surface area contributed by atoms with Crippen LogP contribution in [0.2, 0.25) is 0 Å². The van der Waals surface area contributed by atoms with Crippen molar-refractivity contribution in [2.75, 3.05) is 7.11 Å². The molecule has 0 amide bonds. The van der Waals surface area contributed by atoms with E-state index >= 15 is 0 Å². The summed E-state index contributed by atoms with van der Waals surface area (Å²) in [6.07, 6.45) is 3.56. The highest BCUT2D eigenvalue weighted by atomic mass is 79.9. The van der Waals surface area contributed by atoms with Gasteiger partial charge in [0.2, 0.25) is 0 Å². The van der Waals surface area contributed by atoms with Crippen LogP contribution in [0.4, 0.5) is 4.39 Å². The van der Waals surface area contributed by atoms with E-state index in [9.17, 15) is 9.18 Å². The molecule has 174 valence electrons. The van der Waals surface area contributed by atoms with E-state index in [1.807, 2.05) is 36.4 Å². The van der Waals surface area contributed by atoms with E-state index in [1.165, 1.54) is 29.0 Å². The summed E-state index contributed by atoms with van der Waals surface area (Å²) >= 11 is 4.90. The molecule has 4 nitrogen and oxygen atoms in total. The summed E-state index contributed by atoms with van der Waals surface area (Å²) in [6, 6.07) is 20.1. The molecule has 1 aromatic heterocycles. The lowest BCUT2D eigenvalue weighted by molar-refractivity contribution is 0.412. The highest BCUT2D eigenvalue weighted by molar-refractivity contribution is 9.10. The van der Waals surface area contributed by atoms with Gasteiger partial charge in [0.25, 0.3) is 5.56 Å². The minimum absolute atomic E-state index is 0.0968. The number of rotatable bonds is 3. The molecule has 6 rings (SSSR count). The second-order valence-electron chi connectivity index (χ2n) is 8.56. The van der Waals surface area contributed by atoms with Gasteiger partial charge in [0.05, 0.1) is 27.9 Å². The fourth-order valence-corrected chi connectivity index (χ4v) is 6.45. The van der Waals surface area contributed by atoms with E-state index < -0.39 is 0 Å². The smallest absolute Gasteiger partial charge is 0.271 e. The monoisotopic (exact) mass is 546 g/mol. The summed E-state index contributed by atoms with van der Waals surface area (Å²) in [5.41, 5.74) is 6.07. The molecule has 3 aromatic carbocycles. The molecule has 0 saturated heterocycles. The van der Waals surface area contributed by atoms with Crippen molar-refractivity contribution < 1.29 is 9.13 Å². The second-order valence-corrected chi connectivity index (χ2v) is 10.4. The van der Waals surface area contributed by atoms with Gasteiger partial charge in [0.15, 0.2) is 4.80 Å². The molecule has 0 fully saturated rings. The molecule has 2 heterocycles. The average Bonchev–Trinajstić information content (AvgIpc) is 3.18. The van der Waals surface area contributed by atoms with Gasteiger partial charge in [0.1, 0.15) is 11.6 Å². The molecule has 0 bridgehead atoms. The molecule has 1 aliphatic carbocycles.